The van der Waals surface area contributed by atoms with Crippen LogP contribution in [0.1, 0.15) is 45.2 Å². The molecule has 1 rings (SSSR count). The molecule has 0 spiro atoms. The molecule has 2 nitrogen and oxygen atoms in total. The lowest BCUT2D eigenvalue weighted by atomic mass is 9.95. The molecule has 1 N–H and O–H groups in total. The summed E-state index contributed by atoms with van der Waals surface area (Å²) in [5.41, 5.74) is 1.28. The van der Waals surface area contributed by atoms with Crippen LogP contribution in [0, 0.1) is 0 Å². The maximum absolute atomic E-state index is 5.49. The second kappa shape index (κ2) is 7.27. The third kappa shape index (κ3) is 5.09. The van der Waals surface area contributed by atoms with Crippen LogP contribution in [0.2, 0.25) is 0 Å². The van der Waals surface area contributed by atoms with Crippen molar-refractivity contribution in [3.63, 3.8) is 0 Å². The minimum Gasteiger partial charge on any atom is -0.379 e. The summed E-state index contributed by atoms with van der Waals surface area (Å²) in [5, 5.41) is 3.55. The quantitative estimate of drug-likeness (QED) is 0.810. The Morgan fingerprint density at radius 1 is 1.39 bits per heavy atom. The van der Waals surface area contributed by atoms with Gasteiger partial charge in [-0.15, -0.1) is 0 Å². The summed E-state index contributed by atoms with van der Waals surface area (Å²) in [5.74, 6) is 0. The molecule has 0 aromatic heterocycles. The maximum atomic E-state index is 5.49. The molecule has 0 aliphatic heterocycles. The van der Waals surface area contributed by atoms with Gasteiger partial charge < -0.3 is 10.1 Å². The fraction of sp³-hybridized carbons (Fsp3) is 0.600. The first-order valence-corrected chi connectivity index (χ1v) is 7.32. The van der Waals surface area contributed by atoms with E-state index in [2.05, 4.69) is 66.3 Å². The van der Waals surface area contributed by atoms with Crippen LogP contribution < -0.4 is 5.32 Å². The summed E-state index contributed by atoms with van der Waals surface area (Å²) in [6.07, 6.45) is 2.11. The number of nitrogens with one attached hydrogen (secondary N) is 1. The van der Waals surface area contributed by atoms with Gasteiger partial charge in [0, 0.05) is 17.6 Å². The molecule has 1 unspecified atom stereocenters. The van der Waals surface area contributed by atoms with Gasteiger partial charge in [0.05, 0.1) is 5.60 Å². The first-order valence-electron chi connectivity index (χ1n) is 6.52. The summed E-state index contributed by atoms with van der Waals surface area (Å²) in [6.45, 7) is 7.39. The van der Waals surface area contributed by atoms with Gasteiger partial charge in [0.25, 0.3) is 0 Å². The lowest BCUT2D eigenvalue weighted by Gasteiger charge is -2.26. The van der Waals surface area contributed by atoms with Gasteiger partial charge in [-0.1, -0.05) is 35.0 Å². The zero-order valence-corrected chi connectivity index (χ0v) is 13.4. The number of hydrogen-bond donors (Lipinski definition) is 1. The number of methoxy groups -OCH3 is 1. The second-order valence-electron chi connectivity index (χ2n) is 5.17. The van der Waals surface area contributed by atoms with Crippen LogP contribution in [0.5, 0.6) is 0 Å². The fourth-order valence-corrected chi connectivity index (χ4v) is 2.37. The lowest BCUT2D eigenvalue weighted by molar-refractivity contribution is 0.0117. The number of benzene rings is 1. The number of hydrogen-bond acceptors (Lipinski definition) is 2. The minimum atomic E-state index is -0.0559. The molecule has 0 radical (unpaired) electrons. The Labute approximate surface area is 119 Å². The third-order valence-corrected chi connectivity index (χ3v) is 3.78. The molecule has 1 atom stereocenters. The van der Waals surface area contributed by atoms with E-state index in [1.165, 1.54) is 5.56 Å². The molecule has 3 heteroatoms. The molecule has 102 valence electrons. The molecule has 0 amide bonds. The average Bonchev–Trinajstić information content (AvgIpc) is 2.34. The smallest absolute Gasteiger partial charge is 0.0623 e. The normalized spacial score (nSPS) is 13.6. The second-order valence-corrected chi connectivity index (χ2v) is 6.08. The highest BCUT2D eigenvalue weighted by atomic mass is 79.9. The van der Waals surface area contributed by atoms with Crippen molar-refractivity contribution in [3.8, 4) is 0 Å². The van der Waals surface area contributed by atoms with Gasteiger partial charge in [-0.05, 0) is 50.9 Å². The fourth-order valence-electron chi connectivity index (χ4n) is 1.95. The van der Waals surface area contributed by atoms with Gasteiger partial charge in [-0.25, -0.2) is 0 Å². The summed E-state index contributed by atoms with van der Waals surface area (Å²) < 4.78 is 6.62. The molecule has 0 fully saturated rings. The van der Waals surface area contributed by atoms with Crippen molar-refractivity contribution in [2.75, 3.05) is 13.7 Å². The van der Waals surface area contributed by atoms with Crippen LogP contribution >= 0.6 is 15.9 Å². The van der Waals surface area contributed by atoms with Crippen molar-refractivity contribution < 1.29 is 4.74 Å². The van der Waals surface area contributed by atoms with Gasteiger partial charge >= 0.3 is 0 Å². The standard InChI is InChI=1S/C15H24BrNO/c1-5-17-14(9-10-15(2,3)18-4)12-7-6-8-13(16)11-12/h6-8,11,14,17H,5,9-10H2,1-4H3. The summed E-state index contributed by atoms with van der Waals surface area (Å²) in [7, 11) is 1.78. The number of rotatable bonds is 7. The van der Waals surface area contributed by atoms with Gasteiger partial charge in [0.1, 0.15) is 0 Å². The van der Waals surface area contributed by atoms with E-state index in [9.17, 15) is 0 Å². The van der Waals surface area contributed by atoms with Crippen LogP contribution in [0.3, 0.4) is 0 Å². The van der Waals surface area contributed by atoms with Crippen molar-refractivity contribution in [1.82, 2.24) is 5.32 Å². The van der Waals surface area contributed by atoms with Crippen LogP contribution in [-0.2, 0) is 4.74 Å². The molecule has 18 heavy (non-hydrogen) atoms. The molecule has 1 aromatic rings. The molecule has 0 aliphatic rings. The first-order chi connectivity index (χ1) is 8.48. The molecule has 0 aliphatic carbocycles. The Kier molecular flexibility index (Phi) is 6.33. The monoisotopic (exact) mass is 313 g/mol. The van der Waals surface area contributed by atoms with Crippen molar-refractivity contribution in [2.45, 2.75) is 45.3 Å². The Morgan fingerprint density at radius 3 is 2.67 bits per heavy atom. The summed E-state index contributed by atoms with van der Waals surface area (Å²) >= 11 is 3.53. The SMILES string of the molecule is CCNC(CCC(C)(C)OC)c1cccc(Br)c1. The van der Waals surface area contributed by atoms with E-state index in [1.54, 1.807) is 7.11 Å². The molecule has 1 aromatic carbocycles. The van der Waals surface area contributed by atoms with Crippen molar-refractivity contribution in [1.29, 1.82) is 0 Å². The summed E-state index contributed by atoms with van der Waals surface area (Å²) in [4.78, 5) is 0. The average molecular weight is 314 g/mol. The lowest BCUT2D eigenvalue weighted by Crippen LogP contribution is -2.27. The van der Waals surface area contributed by atoms with E-state index in [0.717, 1.165) is 23.9 Å². The van der Waals surface area contributed by atoms with Gasteiger partial charge in [0.15, 0.2) is 0 Å². The molecule has 0 saturated carbocycles. The van der Waals surface area contributed by atoms with E-state index >= 15 is 0 Å². The van der Waals surface area contributed by atoms with Gasteiger partial charge in [-0.3, -0.25) is 0 Å². The van der Waals surface area contributed by atoms with Crippen molar-refractivity contribution >= 4 is 15.9 Å². The molecular weight excluding hydrogens is 290 g/mol. The van der Waals surface area contributed by atoms with Crippen LogP contribution in [-0.4, -0.2) is 19.3 Å². The Balaban J connectivity index is 2.71. The van der Waals surface area contributed by atoms with E-state index < -0.39 is 0 Å². The zero-order chi connectivity index (χ0) is 13.6. The van der Waals surface area contributed by atoms with Gasteiger partial charge in [0.2, 0.25) is 0 Å². The minimum absolute atomic E-state index is 0.0559. The van der Waals surface area contributed by atoms with Crippen LogP contribution in [0.4, 0.5) is 0 Å². The highest BCUT2D eigenvalue weighted by Crippen LogP contribution is 2.26. The highest BCUT2D eigenvalue weighted by molar-refractivity contribution is 9.10. The Morgan fingerprint density at radius 2 is 2.11 bits per heavy atom. The largest absolute Gasteiger partial charge is 0.379 e. The molecule has 0 heterocycles. The molecule has 0 saturated heterocycles. The Hall–Kier alpha value is -0.380. The van der Waals surface area contributed by atoms with Gasteiger partial charge in [-0.2, -0.15) is 0 Å². The Bertz CT molecular complexity index is 365. The predicted octanol–water partition coefficient (Wildman–Crippen LogP) is 4.30. The molecular formula is C15H24BrNO. The topological polar surface area (TPSA) is 21.3 Å². The number of ether oxygens (including phenoxy) is 1. The first kappa shape index (κ1) is 15.7. The summed E-state index contributed by atoms with van der Waals surface area (Å²) in [6, 6.07) is 8.91. The zero-order valence-electron chi connectivity index (χ0n) is 11.8. The van der Waals surface area contributed by atoms with Crippen molar-refractivity contribution in [2.24, 2.45) is 0 Å². The van der Waals surface area contributed by atoms with Crippen LogP contribution in [0.25, 0.3) is 0 Å². The van der Waals surface area contributed by atoms with Crippen LogP contribution in [0.15, 0.2) is 28.7 Å². The van der Waals surface area contributed by atoms with E-state index in [4.69, 9.17) is 4.74 Å². The third-order valence-electron chi connectivity index (χ3n) is 3.29. The maximum Gasteiger partial charge on any atom is 0.0623 e. The predicted molar refractivity (Wildman–Crippen MR) is 80.9 cm³/mol. The highest BCUT2D eigenvalue weighted by Gasteiger charge is 2.19. The van der Waals surface area contributed by atoms with E-state index in [1.807, 2.05) is 0 Å². The van der Waals surface area contributed by atoms with E-state index in [0.29, 0.717) is 6.04 Å². The van der Waals surface area contributed by atoms with E-state index in [-0.39, 0.29) is 5.60 Å². The number of halogens is 1. The van der Waals surface area contributed by atoms with Crippen molar-refractivity contribution in [3.05, 3.63) is 34.3 Å². The molecule has 0 bridgehead atoms.